The van der Waals surface area contributed by atoms with Gasteiger partial charge in [-0.3, -0.25) is 0 Å². The van der Waals surface area contributed by atoms with Crippen LogP contribution < -0.4 is 16.4 Å². The number of pyridine rings is 1. The van der Waals surface area contributed by atoms with Crippen LogP contribution in [0.25, 0.3) is 0 Å². The molecular formula is C11H20N4O2. The van der Waals surface area contributed by atoms with Gasteiger partial charge in [0.25, 0.3) is 0 Å². The zero-order valence-electron chi connectivity index (χ0n) is 10.1. The number of rotatable bonds is 7. The highest BCUT2D eigenvalue weighted by Gasteiger charge is 2.07. The van der Waals surface area contributed by atoms with Crippen LogP contribution in [-0.4, -0.2) is 43.0 Å². The van der Waals surface area contributed by atoms with E-state index in [9.17, 15) is 0 Å². The Bertz CT molecular complexity index is 346. The quantitative estimate of drug-likeness (QED) is 0.584. The maximum Gasteiger partial charge on any atom is 0.149 e. The first kappa shape index (κ1) is 13.5. The lowest BCUT2D eigenvalue weighted by Gasteiger charge is -2.22. The van der Waals surface area contributed by atoms with Crippen LogP contribution in [0.4, 0.5) is 17.3 Å². The van der Waals surface area contributed by atoms with E-state index >= 15 is 0 Å². The maximum atomic E-state index is 8.59. The predicted molar refractivity (Wildman–Crippen MR) is 68.9 cm³/mol. The molecule has 0 atom stereocenters. The Kier molecular flexibility index (Phi) is 5.51. The fraction of sp³-hybridized carbons (Fsp3) is 0.545. The molecule has 0 fully saturated rings. The summed E-state index contributed by atoms with van der Waals surface area (Å²) in [6.45, 7) is 4.47. The Hall–Kier alpha value is -1.53. The van der Waals surface area contributed by atoms with Crippen molar-refractivity contribution in [2.75, 3.05) is 49.3 Å². The first-order chi connectivity index (χ1) is 8.19. The molecule has 1 heterocycles. The molecule has 96 valence electrons. The number of nitrogens with two attached hydrogens (primary N) is 2. The molecule has 0 saturated carbocycles. The number of hydrogen-bond acceptors (Lipinski definition) is 6. The van der Waals surface area contributed by atoms with E-state index in [0.717, 1.165) is 12.4 Å². The van der Waals surface area contributed by atoms with Gasteiger partial charge in [-0.2, -0.15) is 0 Å². The number of hydrogen-bond donors (Lipinski definition) is 3. The van der Waals surface area contributed by atoms with Gasteiger partial charge in [-0.15, -0.1) is 0 Å². The molecule has 6 nitrogen and oxygen atoms in total. The van der Waals surface area contributed by atoms with Crippen LogP contribution in [0.3, 0.4) is 0 Å². The number of nitrogen functional groups attached to an aromatic ring is 2. The summed E-state index contributed by atoms with van der Waals surface area (Å²) < 4.78 is 5.22. The molecule has 0 unspecified atom stereocenters. The smallest absolute Gasteiger partial charge is 0.149 e. The average Bonchev–Trinajstić information content (AvgIpc) is 2.33. The fourth-order valence-electron chi connectivity index (χ4n) is 1.43. The highest BCUT2D eigenvalue weighted by molar-refractivity contribution is 5.62. The van der Waals surface area contributed by atoms with Crippen molar-refractivity contribution in [2.45, 2.75) is 6.92 Å². The summed E-state index contributed by atoms with van der Waals surface area (Å²) >= 11 is 0. The lowest BCUT2D eigenvalue weighted by atomic mass is 10.3. The fourth-order valence-corrected chi connectivity index (χ4v) is 1.43. The Balaban J connectivity index is 2.56. The minimum absolute atomic E-state index is 0.0409. The van der Waals surface area contributed by atoms with E-state index in [1.807, 2.05) is 17.9 Å². The summed E-state index contributed by atoms with van der Waals surface area (Å²) in [4.78, 5) is 6.25. The van der Waals surface area contributed by atoms with E-state index in [1.54, 1.807) is 6.07 Å². The minimum atomic E-state index is 0.0409. The first-order valence-corrected chi connectivity index (χ1v) is 5.64. The second-order valence-corrected chi connectivity index (χ2v) is 3.56. The van der Waals surface area contributed by atoms with Crippen molar-refractivity contribution < 1.29 is 9.84 Å². The number of anilines is 3. The Morgan fingerprint density at radius 1 is 1.35 bits per heavy atom. The third-order valence-corrected chi connectivity index (χ3v) is 2.39. The van der Waals surface area contributed by atoms with Crippen molar-refractivity contribution in [3.63, 3.8) is 0 Å². The monoisotopic (exact) mass is 240 g/mol. The zero-order chi connectivity index (χ0) is 12.7. The van der Waals surface area contributed by atoms with E-state index in [4.69, 9.17) is 21.3 Å². The molecule has 1 aromatic heterocycles. The van der Waals surface area contributed by atoms with Gasteiger partial charge in [-0.25, -0.2) is 4.98 Å². The second kappa shape index (κ2) is 6.93. The lowest BCUT2D eigenvalue weighted by molar-refractivity contribution is 0.0967. The summed E-state index contributed by atoms with van der Waals surface area (Å²) in [6.07, 6.45) is 0. The van der Waals surface area contributed by atoms with Gasteiger partial charge in [0.2, 0.25) is 0 Å². The normalized spacial score (nSPS) is 10.5. The molecule has 0 bridgehead atoms. The molecule has 0 amide bonds. The molecule has 1 aromatic rings. The van der Waals surface area contributed by atoms with Crippen LogP contribution in [-0.2, 0) is 4.74 Å². The van der Waals surface area contributed by atoms with Gasteiger partial charge in [0.15, 0.2) is 0 Å². The molecule has 0 saturated heterocycles. The van der Waals surface area contributed by atoms with E-state index in [-0.39, 0.29) is 6.61 Å². The Morgan fingerprint density at radius 3 is 2.71 bits per heavy atom. The third kappa shape index (κ3) is 4.08. The van der Waals surface area contributed by atoms with Crippen molar-refractivity contribution in [3.8, 4) is 0 Å². The van der Waals surface area contributed by atoms with E-state index in [0.29, 0.717) is 31.3 Å². The van der Waals surface area contributed by atoms with E-state index in [1.165, 1.54) is 0 Å². The standard InChI is InChI=1S/C11H20N4O2/c1-2-15(5-7-17-8-6-16)10-4-3-9(12)11(13)14-10/h3-4,16H,2,5-8,12H2,1H3,(H2,13,14). The van der Waals surface area contributed by atoms with Crippen molar-refractivity contribution >= 4 is 17.3 Å². The van der Waals surface area contributed by atoms with Crippen molar-refractivity contribution in [2.24, 2.45) is 0 Å². The number of aliphatic hydroxyl groups is 1. The molecule has 0 aliphatic carbocycles. The molecule has 0 spiro atoms. The van der Waals surface area contributed by atoms with Crippen LogP contribution in [0.1, 0.15) is 6.92 Å². The number of nitrogens with zero attached hydrogens (tertiary/aromatic N) is 2. The first-order valence-electron chi connectivity index (χ1n) is 5.64. The molecule has 0 aliphatic heterocycles. The zero-order valence-corrected chi connectivity index (χ0v) is 10.1. The molecule has 0 aromatic carbocycles. The SMILES string of the molecule is CCN(CCOCCO)c1ccc(N)c(N)n1. The van der Waals surface area contributed by atoms with Gasteiger partial charge in [0.05, 0.1) is 25.5 Å². The average molecular weight is 240 g/mol. The minimum Gasteiger partial charge on any atom is -0.396 e. The molecule has 5 N–H and O–H groups in total. The second-order valence-electron chi connectivity index (χ2n) is 3.56. The van der Waals surface area contributed by atoms with Crippen LogP contribution in [0.15, 0.2) is 12.1 Å². The predicted octanol–water partition coefficient (Wildman–Crippen LogP) is 0.0812. The lowest BCUT2D eigenvalue weighted by Crippen LogP contribution is -2.28. The number of aromatic nitrogens is 1. The summed E-state index contributed by atoms with van der Waals surface area (Å²) in [7, 11) is 0. The van der Waals surface area contributed by atoms with Crippen LogP contribution >= 0.6 is 0 Å². The Morgan fingerprint density at radius 2 is 2.12 bits per heavy atom. The summed E-state index contributed by atoms with van der Waals surface area (Å²) in [5.74, 6) is 1.13. The number of likely N-dealkylation sites (N-methyl/N-ethyl adjacent to an activating group) is 1. The highest BCUT2D eigenvalue weighted by Crippen LogP contribution is 2.17. The topological polar surface area (TPSA) is 97.6 Å². The van der Waals surface area contributed by atoms with Gasteiger partial charge in [-0.05, 0) is 19.1 Å². The van der Waals surface area contributed by atoms with Gasteiger partial charge >= 0.3 is 0 Å². The van der Waals surface area contributed by atoms with E-state index < -0.39 is 0 Å². The van der Waals surface area contributed by atoms with Gasteiger partial charge in [-0.1, -0.05) is 0 Å². The van der Waals surface area contributed by atoms with Crippen LogP contribution in [0.2, 0.25) is 0 Å². The van der Waals surface area contributed by atoms with Crippen molar-refractivity contribution in [3.05, 3.63) is 12.1 Å². The van der Waals surface area contributed by atoms with Crippen LogP contribution in [0, 0.1) is 0 Å². The summed E-state index contributed by atoms with van der Waals surface area (Å²) in [6, 6.07) is 3.58. The van der Waals surface area contributed by atoms with Crippen molar-refractivity contribution in [1.29, 1.82) is 0 Å². The molecular weight excluding hydrogens is 220 g/mol. The van der Waals surface area contributed by atoms with Gasteiger partial charge in [0, 0.05) is 13.1 Å². The highest BCUT2D eigenvalue weighted by atomic mass is 16.5. The summed E-state index contributed by atoms with van der Waals surface area (Å²) in [5, 5.41) is 8.59. The number of aliphatic hydroxyl groups excluding tert-OH is 1. The van der Waals surface area contributed by atoms with Gasteiger partial charge < -0.3 is 26.2 Å². The Labute approximate surface area is 101 Å². The molecule has 1 rings (SSSR count). The molecule has 6 heteroatoms. The molecule has 0 aliphatic rings. The largest absolute Gasteiger partial charge is 0.396 e. The maximum absolute atomic E-state index is 8.59. The molecule has 0 radical (unpaired) electrons. The molecule has 17 heavy (non-hydrogen) atoms. The van der Waals surface area contributed by atoms with E-state index in [2.05, 4.69) is 4.98 Å². The third-order valence-electron chi connectivity index (χ3n) is 2.39. The van der Waals surface area contributed by atoms with Crippen molar-refractivity contribution in [1.82, 2.24) is 4.98 Å². The number of ether oxygens (including phenoxy) is 1. The van der Waals surface area contributed by atoms with Gasteiger partial charge in [0.1, 0.15) is 11.6 Å². The summed E-state index contributed by atoms with van der Waals surface area (Å²) in [5.41, 5.74) is 11.8. The van der Waals surface area contributed by atoms with Crippen LogP contribution in [0.5, 0.6) is 0 Å².